The van der Waals surface area contributed by atoms with Crippen LogP contribution in [0.2, 0.25) is 0 Å². The molecule has 6 nitrogen and oxygen atoms in total. The first-order chi connectivity index (χ1) is 12.1. The van der Waals surface area contributed by atoms with E-state index in [1.165, 1.54) is 5.56 Å². The van der Waals surface area contributed by atoms with Crippen LogP contribution >= 0.6 is 0 Å². The van der Waals surface area contributed by atoms with Crippen molar-refractivity contribution in [2.75, 3.05) is 13.1 Å². The van der Waals surface area contributed by atoms with Crippen LogP contribution in [0.5, 0.6) is 0 Å². The van der Waals surface area contributed by atoms with Gasteiger partial charge in [-0.15, -0.1) is 0 Å². The molecule has 25 heavy (non-hydrogen) atoms. The van der Waals surface area contributed by atoms with E-state index >= 15 is 0 Å². The van der Waals surface area contributed by atoms with E-state index in [9.17, 15) is 9.59 Å². The minimum absolute atomic E-state index is 0.0178. The number of carbonyl (C=O) groups is 2. The molecule has 0 radical (unpaired) electrons. The number of amides is 2. The summed E-state index contributed by atoms with van der Waals surface area (Å²) in [6.45, 7) is 3.82. The van der Waals surface area contributed by atoms with Crippen molar-refractivity contribution in [3.8, 4) is 0 Å². The van der Waals surface area contributed by atoms with Crippen molar-refractivity contribution in [1.29, 1.82) is 0 Å². The molecule has 1 aliphatic heterocycles. The zero-order valence-electron chi connectivity index (χ0n) is 14.5. The van der Waals surface area contributed by atoms with E-state index in [1.54, 1.807) is 6.20 Å². The monoisotopic (exact) mass is 340 g/mol. The molecule has 1 aliphatic rings. The highest BCUT2D eigenvalue weighted by atomic mass is 16.2. The summed E-state index contributed by atoms with van der Waals surface area (Å²) in [5.41, 5.74) is 1.22. The summed E-state index contributed by atoms with van der Waals surface area (Å²) in [6, 6.07) is 10.1. The molecule has 0 saturated carbocycles. The average Bonchev–Trinajstić information content (AvgIpc) is 3.17. The molecule has 3 rings (SSSR count). The maximum Gasteiger partial charge on any atom is 0.224 e. The Morgan fingerprint density at radius 2 is 2.08 bits per heavy atom. The first kappa shape index (κ1) is 17.2. The van der Waals surface area contributed by atoms with E-state index in [4.69, 9.17) is 0 Å². The van der Waals surface area contributed by atoms with Crippen LogP contribution in [0, 0.1) is 6.92 Å². The molecule has 1 fully saturated rings. The maximum atomic E-state index is 12.1. The van der Waals surface area contributed by atoms with Crippen LogP contribution in [-0.2, 0) is 22.6 Å². The number of aryl methyl sites for hydroxylation is 2. The van der Waals surface area contributed by atoms with Crippen LogP contribution in [0.25, 0.3) is 0 Å². The first-order valence-electron chi connectivity index (χ1n) is 8.70. The van der Waals surface area contributed by atoms with Crippen molar-refractivity contribution in [3.63, 3.8) is 0 Å². The molecule has 1 saturated heterocycles. The van der Waals surface area contributed by atoms with Crippen LogP contribution in [0.15, 0.2) is 42.7 Å². The third kappa shape index (κ3) is 4.68. The quantitative estimate of drug-likeness (QED) is 0.831. The number of imidazole rings is 1. The van der Waals surface area contributed by atoms with Gasteiger partial charge in [0.2, 0.25) is 11.8 Å². The SMILES string of the molecule is Cc1nccn1CCC(=O)N[C@H]1CC(=O)N(CCc2ccccc2)C1. The second-order valence-corrected chi connectivity index (χ2v) is 6.46. The fraction of sp³-hybridized carbons (Fsp3) is 0.421. The number of nitrogens with one attached hydrogen (secondary N) is 1. The predicted molar refractivity (Wildman–Crippen MR) is 94.9 cm³/mol. The smallest absolute Gasteiger partial charge is 0.224 e. The predicted octanol–water partition coefficient (Wildman–Crippen LogP) is 1.54. The summed E-state index contributed by atoms with van der Waals surface area (Å²) in [5, 5.41) is 2.98. The van der Waals surface area contributed by atoms with E-state index in [0.29, 0.717) is 32.5 Å². The van der Waals surface area contributed by atoms with Crippen molar-refractivity contribution >= 4 is 11.8 Å². The molecule has 2 amide bonds. The number of aromatic nitrogens is 2. The van der Waals surface area contributed by atoms with Crippen LogP contribution in [0.4, 0.5) is 0 Å². The molecule has 1 atom stereocenters. The Kier molecular flexibility index (Phi) is 5.48. The second kappa shape index (κ2) is 7.96. The van der Waals surface area contributed by atoms with Gasteiger partial charge in [0.1, 0.15) is 5.82 Å². The maximum absolute atomic E-state index is 12.1. The number of benzene rings is 1. The summed E-state index contributed by atoms with van der Waals surface area (Å²) < 4.78 is 1.95. The van der Waals surface area contributed by atoms with Crippen molar-refractivity contribution in [2.24, 2.45) is 0 Å². The standard InChI is InChI=1S/C19H24N4O2/c1-15-20-9-12-22(15)11-8-18(24)21-17-13-19(25)23(14-17)10-7-16-5-3-2-4-6-16/h2-6,9,12,17H,7-8,10-11,13-14H2,1H3,(H,21,24)/t17-/m0/s1. The molecule has 2 aromatic rings. The normalized spacial score (nSPS) is 17.1. The Labute approximate surface area is 147 Å². The summed E-state index contributed by atoms with van der Waals surface area (Å²) in [4.78, 5) is 30.3. The molecule has 2 heterocycles. The minimum atomic E-state index is -0.0837. The number of carbonyl (C=O) groups excluding carboxylic acids is 2. The van der Waals surface area contributed by atoms with E-state index in [-0.39, 0.29) is 17.9 Å². The molecule has 0 spiro atoms. The van der Waals surface area contributed by atoms with Crippen molar-refractivity contribution in [1.82, 2.24) is 19.8 Å². The zero-order chi connectivity index (χ0) is 17.6. The summed E-state index contributed by atoms with van der Waals surface area (Å²) in [7, 11) is 0. The van der Waals surface area contributed by atoms with Gasteiger partial charge in [0, 0.05) is 44.9 Å². The molecular weight excluding hydrogens is 316 g/mol. The number of hydrogen-bond donors (Lipinski definition) is 1. The molecule has 1 aromatic carbocycles. The van der Waals surface area contributed by atoms with Gasteiger partial charge in [-0.25, -0.2) is 4.98 Å². The van der Waals surface area contributed by atoms with Gasteiger partial charge in [0.25, 0.3) is 0 Å². The molecule has 1 aromatic heterocycles. The Balaban J connectivity index is 1.42. The number of hydrogen-bond acceptors (Lipinski definition) is 3. The summed E-state index contributed by atoms with van der Waals surface area (Å²) in [5.74, 6) is 0.999. The Morgan fingerprint density at radius 1 is 1.28 bits per heavy atom. The van der Waals surface area contributed by atoms with Gasteiger partial charge >= 0.3 is 0 Å². The lowest BCUT2D eigenvalue weighted by Gasteiger charge is -2.17. The van der Waals surface area contributed by atoms with Gasteiger partial charge in [-0.3, -0.25) is 9.59 Å². The summed E-state index contributed by atoms with van der Waals surface area (Å²) >= 11 is 0. The van der Waals surface area contributed by atoms with Crippen molar-refractivity contribution < 1.29 is 9.59 Å². The Hall–Kier alpha value is -2.63. The van der Waals surface area contributed by atoms with E-state index in [2.05, 4.69) is 22.4 Å². The number of nitrogens with zero attached hydrogens (tertiary/aromatic N) is 3. The fourth-order valence-electron chi connectivity index (χ4n) is 3.16. The van der Waals surface area contributed by atoms with E-state index in [1.807, 2.05) is 40.8 Å². The molecule has 1 N–H and O–H groups in total. The summed E-state index contributed by atoms with van der Waals surface area (Å²) in [6.07, 6.45) is 5.23. The van der Waals surface area contributed by atoms with Gasteiger partial charge in [-0.05, 0) is 18.9 Å². The van der Waals surface area contributed by atoms with E-state index in [0.717, 1.165) is 12.2 Å². The number of likely N-dealkylation sites (tertiary alicyclic amines) is 1. The highest BCUT2D eigenvalue weighted by molar-refractivity contribution is 5.82. The Morgan fingerprint density at radius 3 is 2.80 bits per heavy atom. The Bertz CT molecular complexity index is 726. The van der Waals surface area contributed by atoms with Gasteiger partial charge in [-0.1, -0.05) is 30.3 Å². The van der Waals surface area contributed by atoms with Gasteiger partial charge in [-0.2, -0.15) is 0 Å². The van der Waals surface area contributed by atoms with Crippen LogP contribution in [0.1, 0.15) is 24.2 Å². The average molecular weight is 340 g/mol. The molecule has 6 heteroatoms. The van der Waals surface area contributed by atoms with Crippen LogP contribution < -0.4 is 5.32 Å². The van der Waals surface area contributed by atoms with Gasteiger partial charge < -0.3 is 14.8 Å². The highest BCUT2D eigenvalue weighted by Crippen LogP contribution is 2.13. The topological polar surface area (TPSA) is 67.2 Å². The largest absolute Gasteiger partial charge is 0.351 e. The fourth-order valence-corrected chi connectivity index (χ4v) is 3.16. The van der Waals surface area contributed by atoms with Gasteiger partial charge in [0.15, 0.2) is 0 Å². The molecule has 0 aliphatic carbocycles. The molecule has 0 unspecified atom stereocenters. The first-order valence-corrected chi connectivity index (χ1v) is 8.70. The van der Waals surface area contributed by atoms with Crippen LogP contribution in [0.3, 0.4) is 0 Å². The highest BCUT2D eigenvalue weighted by Gasteiger charge is 2.30. The van der Waals surface area contributed by atoms with Crippen LogP contribution in [-0.4, -0.2) is 45.4 Å². The third-order valence-electron chi connectivity index (χ3n) is 4.60. The lowest BCUT2D eigenvalue weighted by Crippen LogP contribution is -2.37. The second-order valence-electron chi connectivity index (χ2n) is 6.46. The minimum Gasteiger partial charge on any atom is -0.351 e. The molecule has 0 bridgehead atoms. The van der Waals surface area contributed by atoms with E-state index < -0.39 is 0 Å². The zero-order valence-corrected chi connectivity index (χ0v) is 14.5. The molecule has 132 valence electrons. The lowest BCUT2D eigenvalue weighted by molar-refractivity contribution is -0.127. The number of rotatable bonds is 7. The van der Waals surface area contributed by atoms with Crippen molar-refractivity contribution in [2.45, 2.75) is 38.8 Å². The molecular formula is C19H24N4O2. The van der Waals surface area contributed by atoms with Gasteiger partial charge in [0.05, 0.1) is 6.04 Å². The third-order valence-corrected chi connectivity index (χ3v) is 4.60. The lowest BCUT2D eigenvalue weighted by atomic mass is 10.1. The van der Waals surface area contributed by atoms with Crippen molar-refractivity contribution in [3.05, 3.63) is 54.1 Å².